The number of hydrogen-bond acceptors (Lipinski definition) is 4. The van der Waals surface area contributed by atoms with E-state index in [2.05, 4.69) is 4.98 Å². The number of hydrogen-bond donors (Lipinski definition) is 0. The number of pyridine rings is 1. The zero-order chi connectivity index (χ0) is 18.8. The number of para-hydroxylation sites is 1. The highest BCUT2D eigenvalue weighted by molar-refractivity contribution is 6.02. The Morgan fingerprint density at radius 3 is 2.56 bits per heavy atom. The molecule has 132 valence electrons. The highest BCUT2D eigenvalue weighted by atomic mass is 19.1. The molecular weight excluding hydrogens is 345 g/mol. The minimum Gasteiger partial charge on any atom is -0.545 e. The SMILES string of the molecule is O=C([O-])c1cc(/C=C/c2ccc(-c3ccc(F)cc3)o2)nc2ccccc12. The molecule has 2 heterocycles. The molecule has 4 nitrogen and oxygen atoms in total. The molecule has 0 radical (unpaired) electrons. The maximum Gasteiger partial charge on any atom is 0.134 e. The van der Waals surface area contributed by atoms with E-state index in [-0.39, 0.29) is 11.4 Å². The Morgan fingerprint density at radius 1 is 1.00 bits per heavy atom. The predicted octanol–water partition coefficient (Wildman–Crippen LogP) is 4.17. The fourth-order valence-corrected chi connectivity index (χ4v) is 2.83. The van der Waals surface area contributed by atoms with Gasteiger partial charge in [-0.3, -0.25) is 0 Å². The number of nitrogens with zero attached hydrogens (tertiary/aromatic N) is 1. The second-order valence-electron chi connectivity index (χ2n) is 5.94. The van der Waals surface area contributed by atoms with Gasteiger partial charge in [-0.1, -0.05) is 18.2 Å². The first-order valence-corrected chi connectivity index (χ1v) is 8.25. The molecule has 0 bridgehead atoms. The summed E-state index contributed by atoms with van der Waals surface area (Å²) in [5.41, 5.74) is 1.91. The molecule has 4 aromatic rings. The molecule has 0 fully saturated rings. The number of halogens is 1. The van der Waals surface area contributed by atoms with Gasteiger partial charge in [-0.2, -0.15) is 0 Å². The second-order valence-corrected chi connectivity index (χ2v) is 5.94. The van der Waals surface area contributed by atoms with Gasteiger partial charge in [0.05, 0.1) is 17.2 Å². The topological polar surface area (TPSA) is 66.2 Å². The summed E-state index contributed by atoms with van der Waals surface area (Å²) in [5.74, 6) is -0.382. The Kier molecular flexibility index (Phi) is 4.26. The maximum atomic E-state index is 13.0. The van der Waals surface area contributed by atoms with E-state index in [0.29, 0.717) is 28.1 Å². The molecule has 0 saturated carbocycles. The van der Waals surface area contributed by atoms with Gasteiger partial charge in [0.1, 0.15) is 17.3 Å². The van der Waals surface area contributed by atoms with E-state index in [1.165, 1.54) is 18.2 Å². The summed E-state index contributed by atoms with van der Waals surface area (Å²) in [6.45, 7) is 0. The van der Waals surface area contributed by atoms with E-state index < -0.39 is 5.97 Å². The minimum absolute atomic E-state index is 0.0895. The highest BCUT2D eigenvalue weighted by Crippen LogP contribution is 2.24. The fraction of sp³-hybridized carbons (Fsp3) is 0. The van der Waals surface area contributed by atoms with Crippen LogP contribution in [0.25, 0.3) is 34.4 Å². The number of aromatic carboxylic acids is 1. The van der Waals surface area contributed by atoms with Gasteiger partial charge in [0.15, 0.2) is 0 Å². The number of benzene rings is 2. The van der Waals surface area contributed by atoms with Crippen LogP contribution >= 0.6 is 0 Å². The molecule has 5 heteroatoms. The van der Waals surface area contributed by atoms with Crippen LogP contribution in [0.1, 0.15) is 21.8 Å². The van der Waals surface area contributed by atoms with Gasteiger partial charge in [0.25, 0.3) is 0 Å². The van der Waals surface area contributed by atoms with E-state index in [0.717, 1.165) is 5.56 Å². The van der Waals surface area contributed by atoms with Crippen molar-refractivity contribution in [3.05, 3.63) is 89.6 Å². The molecule has 0 atom stereocenters. The first-order valence-electron chi connectivity index (χ1n) is 8.25. The van der Waals surface area contributed by atoms with Gasteiger partial charge < -0.3 is 14.3 Å². The average Bonchev–Trinajstić information content (AvgIpc) is 3.15. The summed E-state index contributed by atoms with van der Waals surface area (Å²) < 4.78 is 18.8. The lowest BCUT2D eigenvalue weighted by molar-refractivity contribution is -0.254. The van der Waals surface area contributed by atoms with Crippen LogP contribution in [0.2, 0.25) is 0 Å². The first kappa shape index (κ1) is 16.7. The molecule has 4 rings (SSSR count). The largest absolute Gasteiger partial charge is 0.545 e. The smallest absolute Gasteiger partial charge is 0.134 e. The van der Waals surface area contributed by atoms with Crippen molar-refractivity contribution in [2.45, 2.75) is 0 Å². The molecule has 0 unspecified atom stereocenters. The van der Waals surface area contributed by atoms with Crippen molar-refractivity contribution in [1.82, 2.24) is 4.98 Å². The third-order valence-electron chi connectivity index (χ3n) is 4.13. The normalized spacial score (nSPS) is 11.3. The van der Waals surface area contributed by atoms with Crippen molar-refractivity contribution < 1.29 is 18.7 Å². The number of aromatic nitrogens is 1. The van der Waals surface area contributed by atoms with Crippen LogP contribution in [0.15, 0.2) is 71.1 Å². The number of fused-ring (bicyclic) bond motifs is 1. The van der Waals surface area contributed by atoms with Gasteiger partial charge in [0, 0.05) is 16.5 Å². The van der Waals surface area contributed by atoms with Gasteiger partial charge in [-0.05, 0) is 60.7 Å². The van der Waals surface area contributed by atoms with E-state index in [1.54, 1.807) is 60.7 Å². The third-order valence-corrected chi connectivity index (χ3v) is 4.13. The Labute approximate surface area is 154 Å². The molecule has 0 N–H and O–H groups in total. The van der Waals surface area contributed by atoms with E-state index in [4.69, 9.17) is 4.42 Å². The summed E-state index contributed by atoms with van der Waals surface area (Å²) >= 11 is 0. The predicted molar refractivity (Wildman–Crippen MR) is 99.1 cm³/mol. The van der Waals surface area contributed by atoms with Gasteiger partial charge in [0.2, 0.25) is 0 Å². The zero-order valence-corrected chi connectivity index (χ0v) is 14.1. The van der Waals surface area contributed by atoms with Crippen LogP contribution < -0.4 is 5.11 Å². The van der Waals surface area contributed by atoms with Crippen molar-refractivity contribution in [3.63, 3.8) is 0 Å². The fourth-order valence-electron chi connectivity index (χ4n) is 2.83. The lowest BCUT2D eigenvalue weighted by Crippen LogP contribution is -2.22. The molecule has 2 aromatic carbocycles. The molecular formula is C22H13FNO3-. The summed E-state index contributed by atoms with van der Waals surface area (Å²) in [6.07, 6.45) is 3.37. The summed E-state index contributed by atoms with van der Waals surface area (Å²) in [4.78, 5) is 15.9. The standard InChI is InChI=1S/C22H14FNO3/c23-15-7-5-14(6-8-15)21-12-11-17(27-21)10-9-16-13-19(22(25)26)18-3-1-2-4-20(18)24-16/h1-13H,(H,25,26)/p-1/b10-9+. The Morgan fingerprint density at radius 2 is 1.78 bits per heavy atom. The molecule has 0 aliphatic carbocycles. The van der Waals surface area contributed by atoms with Crippen molar-refractivity contribution in [3.8, 4) is 11.3 Å². The van der Waals surface area contributed by atoms with Crippen LogP contribution in [-0.4, -0.2) is 11.0 Å². The number of carbonyl (C=O) groups excluding carboxylic acids is 1. The van der Waals surface area contributed by atoms with Crippen LogP contribution in [-0.2, 0) is 0 Å². The molecule has 0 aliphatic rings. The van der Waals surface area contributed by atoms with Gasteiger partial charge in [-0.25, -0.2) is 9.37 Å². The zero-order valence-electron chi connectivity index (χ0n) is 14.1. The number of furan rings is 1. The van der Waals surface area contributed by atoms with Crippen LogP contribution in [0.4, 0.5) is 4.39 Å². The van der Waals surface area contributed by atoms with Crippen molar-refractivity contribution in [2.75, 3.05) is 0 Å². The maximum absolute atomic E-state index is 13.0. The van der Waals surface area contributed by atoms with Crippen LogP contribution in [0.5, 0.6) is 0 Å². The molecule has 27 heavy (non-hydrogen) atoms. The highest BCUT2D eigenvalue weighted by Gasteiger charge is 2.06. The number of carboxylic acid groups (broad SMARTS) is 1. The molecule has 0 saturated heterocycles. The summed E-state index contributed by atoms with van der Waals surface area (Å²) in [6, 6.07) is 18.0. The molecule has 0 spiro atoms. The van der Waals surface area contributed by atoms with E-state index in [1.807, 2.05) is 0 Å². The molecule has 2 aromatic heterocycles. The molecule has 0 aliphatic heterocycles. The van der Waals surface area contributed by atoms with Gasteiger partial charge >= 0.3 is 0 Å². The molecule has 0 amide bonds. The minimum atomic E-state index is -1.25. The number of rotatable bonds is 4. The van der Waals surface area contributed by atoms with Crippen LogP contribution in [0.3, 0.4) is 0 Å². The van der Waals surface area contributed by atoms with Crippen molar-refractivity contribution in [1.29, 1.82) is 0 Å². The van der Waals surface area contributed by atoms with Gasteiger partial charge in [-0.15, -0.1) is 0 Å². The van der Waals surface area contributed by atoms with Crippen molar-refractivity contribution >= 4 is 29.0 Å². The monoisotopic (exact) mass is 358 g/mol. The van der Waals surface area contributed by atoms with Crippen molar-refractivity contribution in [2.24, 2.45) is 0 Å². The average molecular weight is 358 g/mol. The van der Waals surface area contributed by atoms with E-state index >= 15 is 0 Å². The van der Waals surface area contributed by atoms with Crippen LogP contribution in [0, 0.1) is 5.82 Å². The lowest BCUT2D eigenvalue weighted by Gasteiger charge is -2.08. The van der Waals surface area contributed by atoms with E-state index in [9.17, 15) is 14.3 Å². The summed E-state index contributed by atoms with van der Waals surface area (Å²) in [7, 11) is 0. The quantitative estimate of drug-likeness (QED) is 0.549. The Hall–Kier alpha value is -3.73. The second kappa shape index (κ2) is 6.88. The number of carbonyl (C=O) groups is 1. The number of carboxylic acids is 1. The summed E-state index contributed by atoms with van der Waals surface area (Å²) in [5, 5.41) is 12.0. The first-order chi connectivity index (χ1) is 13.1. The Bertz CT molecular complexity index is 1160. The third kappa shape index (κ3) is 3.48. The Balaban J connectivity index is 1.65. The lowest BCUT2D eigenvalue weighted by atomic mass is 10.1.